The molecule has 0 aliphatic carbocycles. The second-order valence-electron chi connectivity index (χ2n) is 5.24. The smallest absolute Gasteiger partial charge is 0.260 e. The molecule has 0 aliphatic heterocycles. The van der Waals surface area contributed by atoms with Gasteiger partial charge in [0.2, 0.25) is 0 Å². The van der Waals surface area contributed by atoms with Crippen LogP contribution in [0.15, 0.2) is 48.5 Å². The van der Waals surface area contributed by atoms with Gasteiger partial charge in [-0.1, -0.05) is 12.1 Å². The number of carbonyl (C=O) groups excluding carboxylic acids is 1. The maximum Gasteiger partial charge on any atom is 0.260 e. The SMILES string of the molecule is CC(Oc1ccc(F)cc1)C(=O)NCCCc1ccc(F)cc1. The molecule has 23 heavy (non-hydrogen) atoms. The van der Waals surface area contributed by atoms with E-state index in [1.165, 1.54) is 36.4 Å². The molecule has 2 rings (SSSR count). The van der Waals surface area contributed by atoms with Crippen molar-refractivity contribution in [3.8, 4) is 5.75 Å². The number of aryl methyl sites for hydroxylation is 1. The van der Waals surface area contributed by atoms with Gasteiger partial charge in [0, 0.05) is 6.54 Å². The summed E-state index contributed by atoms with van der Waals surface area (Å²) < 4.78 is 31.0. The standard InChI is InChI=1S/C18H19F2NO2/c1-13(23-17-10-8-16(20)9-11-17)18(22)21-12-2-3-14-4-6-15(19)7-5-14/h4-11,13H,2-3,12H2,1H3,(H,21,22). The lowest BCUT2D eigenvalue weighted by molar-refractivity contribution is -0.127. The van der Waals surface area contributed by atoms with Crippen LogP contribution >= 0.6 is 0 Å². The Bertz CT molecular complexity index is 626. The van der Waals surface area contributed by atoms with Gasteiger partial charge in [0.15, 0.2) is 6.10 Å². The van der Waals surface area contributed by atoms with Crippen molar-refractivity contribution in [3.05, 3.63) is 65.7 Å². The van der Waals surface area contributed by atoms with E-state index in [1.54, 1.807) is 19.1 Å². The summed E-state index contributed by atoms with van der Waals surface area (Å²) in [5.41, 5.74) is 1.02. The Hall–Kier alpha value is -2.43. The first kappa shape index (κ1) is 16.9. The van der Waals surface area contributed by atoms with Gasteiger partial charge in [0.25, 0.3) is 5.91 Å². The summed E-state index contributed by atoms with van der Waals surface area (Å²) in [6.45, 7) is 2.14. The van der Waals surface area contributed by atoms with Crippen LogP contribution in [0.5, 0.6) is 5.75 Å². The molecule has 2 aromatic rings. The Morgan fingerprint density at radius 3 is 2.22 bits per heavy atom. The van der Waals surface area contributed by atoms with E-state index in [4.69, 9.17) is 4.74 Å². The molecule has 5 heteroatoms. The van der Waals surface area contributed by atoms with Crippen LogP contribution in [0.4, 0.5) is 8.78 Å². The first-order valence-corrected chi connectivity index (χ1v) is 7.49. The van der Waals surface area contributed by atoms with E-state index in [2.05, 4.69) is 5.32 Å². The zero-order chi connectivity index (χ0) is 16.7. The number of carbonyl (C=O) groups is 1. The molecular weight excluding hydrogens is 300 g/mol. The van der Waals surface area contributed by atoms with Crippen LogP contribution in [-0.2, 0) is 11.2 Å². The number of halogens is 2. The summed E-state index contributed by atoms with van der Waals surface area (Å²) in [5.74, 6) is -0.391. The van der Waals surface area contributed by atoms with Crippen molar-refractivity contribution in [1.29, 1.82) is 0 Å². The second-order valence-corrected chi connectivity index (χ2v) is 5.24. The third-order valence-electron chi connectivity index (χ3n) is 3.35. The van der Waals surface area contributed by atoms with Crippen LogP contribution in [0.3, 0.4) is 0 Å². The Morgan fingerprint density at radius 2 is 1.61 bits per heavy atom. The highest BCUT2D eigenvalue weighted by Gasteiger charge is 2.13. The molecule has 1 amide bonds. The van der Waals surface area contributed by atoms with E-state index in [-0.39, 0.29) is 17.5 Å². The van der Waals surface area contributed by atoms with Crippen molar-refractivity contribution in [2.45, 2.75) is 25.9 Å². The van der Waals surface area contributed by atoms with Gasteiger partial charge < -0.3 is 10.1 Å². The monoisotopic (exact) mass is 319 g/mol. The molecule has 0 saturated carbocycles. The predicted octanol–water partition coefficient (Wildman–Crippen LogP) is 3.48. The average molecular weight is 319 g/mol. The molecule has 1 atom stereocenters. The van der Waals surface area contributed by atoms with Crippen molar-refractivity contribution in [2.24, 2.45) is 0 Å². The lowest BCUT2D eigenvalue weighted by Gasteiger charge is -2.14. The Kier molecular flexibility index (Phi) is 6.09. The normalized spacial score (nSPS) is 11.8. The topological polar surface area (TPSA) is 38.3 Å². The Morgan fingerprint density at radius 1 is 1.04 bits per heavy atom. The highest BCUT2D eigenvalue weighted by atomic mass is 19.1. The number of amides is 1. The number of rotatable bonds is 7. The molecule has 2 aromatic carbocycles. The molecule has 122 valence electrons. The Balaban J connectivity index is 1.69. The summed E-state index contributed by atoms with van der Waals surface area (Å²) in [4.78, 5) is 11.9. The molecule has 0 aromatic heterocycles. The summed E-state index contributed by atoms with van der Waals surface area (Å²) in [6.07, 6.45) is 0.847. The van der Waals surface area contributed by atoms with Gasteiger partial charge in [-0.2, -0.15) is 0 Å². The molecule has 0 radical (unpaired) electrons. The van der Waals surface area contributed by atoms with Crippen molar-refractivity contribution >= 4 is 5.91 Å². The highest BCUT2D eigenvalue weighted by molar-refractivity contribution is 5.80. The van der Waals surface area contributed by atoms with Crippen molar-refractivity contribution in [2.75, 3.05) is 6.54 Å². The van der Waals surface area contributed by atoms with E-state index >= 15 is 0 Å². The van der Waals surface area contributed by atoms with Crippen LogP contribution in [0.2, 0.25) is 0 Å². The Labute approximate surface area is 134 Å². The van der Waals surface area contributed by atoms with E-state index < -0.39 is 6.10 Å². The zero-order valence-corrected chi connectivity index (χ0v) is 12.9. The molecule has 0 aliphatic rings. The fraction of sp³-hybridized carbons (Fsp3) is 0.278. The van der Waals surface area contributed by atoms with E-state index in [1.807, 2.05) is 0 Å². The maximum absolute atomic E-state index is 12.8. The molecule has 0 saturated heterocycles. The van der Waals surface area contributed by atoms with Crippen LogP contribution in [0.25, 0.3) is 0 Å². The van der Waals surface area contributed by atoms with Crippen molar-refractivity contribution in [3.63, 3.8) is 0 Å². The number of benzene rings is 2. The van der Waals surface area contributed by atoms with E-state index in [0.29, 0.717) is 12.3 Å². The molecule has 3 nitrogen and oxygen atoms in total. The summed E-state index contributed by atoms with van der Waals surface area (Å²) >= 11 is 0. The molecule has 0 spiro atoms. The molecule has 0 fully saturated rings. The lowest BCUT2D eigenvalue weighted by Crippen LogP contribution is -2.36. The van der Waals surface area contributed by atoms with E-state index in [9.17, 15) is 13.6 Å². The summed E-state index contributed by atoms with van der Waals surface area (Å²) in [5, 5.41) is 2.78. The van der Waals surface area contributed by atoms with Crippen molar-refractivity contribution in [1.82, 2.24) is 5.32 Å². The quantitative estimate of drug-likeness (QED) is 0.794. The fourth-order valence-electron chi connectivity index (χ4n) is 2.07. The number of ether oxygens (including phenoxy) is 1. The van der Waals surface area contributed by atoms with E-state index in [0.717, 1.165) is 18.4 Å². The fourth-order valence-corrected chi connectivity index (χ4v) is 2.07. The highest BCUT2D eigenvalue weighted by Crippen LogP contribution is 2.13. The summed E-state index contributed by atoms with van der Waals surface area (Å²) in [6, 6.07) is 11.8. The minimum Gasteiger partial charge on any atom is -0.481 e. The number of nitrogens with one attached hydrogen (secondary N) is 1. The minimum absolute atomic E-state index is 0.228. The average Bonchev–Trinajstić information content (AvgIpc) is 2.55. The van der Waals surface area contributed by atoms with Crippen LogP contribution in [0.1, 0.15) is 18.9 Å². The number of hydrogen-bond acceptors (Lipinski definition) is 2. The van der Waals surface area contributed by atoms with Gasteiger partial charge in [-0.3, -0.25) is 4.79 Å². The van der Waals surface area contributed by atoms with Gasteiger partial charge in [-0.25, -0.2) is 8.78 Å². The van der Waals surface area contributed by atoms with Gasteiger partial charge in [-0.15, -0.1) is 0 Å². The van der Waals surface area contributed by atoms with Gasteiger partial charge >= 0.3 is 0 Å². The minimum atomic E-state index is -0.661. The molecule has 0 bridgehead atoms. The van der Waals surface area contributed by atoms with Crippen LogP contribution < -0.4 is 10.1 Å². The predicted molar refractivity (Wildman–Crippen MR) is 84.2 cm³/mol. The van der Waals surface area contributed by atoms with Crippen LogP contribution in [0, 0.1) is 11.6 Å². The van der Waals surface area contributed by atoms with Gasteiger partial charge in [-0.05, 0) is 61.7 Å². The maximum atomic E-state index is 12.8. The molecule has 1 N–H and O–H groups in total. The van der Waals surface area contributed by atoms with Crippen molar-refractivity contribution < 1.29 is 18.3 Å². The second kappa shape index (κ2) is 8.27. The van der Waals surface area contributed by atoms with Gasteiger partial charge in [0.1, 0.15) is 17.4 Å². The third kappa shape index (κ3) is 5.70. The number of hydrogen-bond donors (Lipinski definition) is 1. The summed E-state index contributed by atoms with van der Waals surface area (Å²) in [7, 11) is 0. The van der Waals surface area contributed by atoms with Crippen LogP contribution in [-0.4, -0.2) is 18.6 Å². The first-order chi connectivity index (χ1) is 11.0. The van der Waals surface area contributed by atoms with Gasteiger partial charge in [0.05, 0.1) is 0 Å². The first-order valence-electron chi connectivity index (χ1n) is 7.49. The zero-order valence-electron chi connectivity index (χ0n) is 12.9. The molecule has 1 unspecified atom stereocenters. The largest absolute Gasteiger partial charge is 0.481 e. The lowest BCUT2D eigenvalue weighted by atomic mass is 10.1. The third-order valence-corrected chi connectivity index (χ3v) is 3.35. The molecular formula is C18H19F2NO2. The molecule has 0 heterocycles.